The first-order chi connectivity index (χ1) is 14.6. The molecule has 0 aliphatic carbocycles. The predicted octanol–water partition coefficient (Wildman–Crippen LogP) is 4.91. The molecular weight excluding hydrogens is 402 g/mol. The number of fused-ring (bicyclic) bond motifs is 2. The summed E-state index contributed by atoms with van der Waals surface area (Å²) in [5.74, 6) is 0.897. The summed E-state index contributed by atoms with van der Waals surface area (Å²) in [6.45, 7) is 1.97. The fraction of sp³-hybridized carbons (Fsp3) is 0.0909. The van der Waals surface area contributed by atoms with Crippen LogP contribution < -0.4 is 5.32 Å². The van der Waals surface area contributed by atoms with Crippen LogP contribution in [0.5, 0.6) is 0 Å². The zero-order valence-electron chi connectivity index (χ0n) is 15.9. The Morgan fingerprint density at radius 3 is 2.97 bits per heavy atom. The van der Waals surface area contributed by atoms with Crippen LogP contribution in [0.3, 0.4) is 0 Å². The average molecular weight is 418 g/mol. The molecule has 0 spiro atoms. The van der Waals surface area contributed by atoms with Gasteiger partial charge < -0.3 is 14.8 Å². The maximum atomic E-state index is 12.6. The summed E-state index contributed by atoms with van der Waals surface area (Å²) in [6, 6.07) is 14.7. The number of pyridine rings is 1. The van der Waals surface area contributed by atoms with Crippen molar-refractivity contribution in [3.63, 3.8) is 0 Å². The summed E-state index contributed by atoms with van der Waals surface area (Å²) >= 11 is 6.39. The van der Waals surface area contributed by atoms with Gasteiger partial charge in [0.05, 0.1) is 17.0 Å². The number of H-pyrrole nitrogens is 1. The van der Waals surface area contributed by atoms with Gasteiger partial charge in [0.15, 0.2) is 11.4 Å². The Balaban J connectivity index is 1.40. The summed E-state index contributed by atoms with van der Waals surface area (Å²) in [5, 5.41) is 8.21. The molecule has 8 heteroatoms. The van der Waals surface area contributed by atoms with Crippen LogP contribution in [0.4, 0.5) is 5.69 Å². The minimum atomic E-state index is -0.216. The Morgan fingerprint density at radius 2 is 2.07 bits per heavy atom. The van der Waals surface area contributed by atoms with Crippen molar-refractivity contribution in [1.82, 2.24) is 20.1 Å². The van der Waals surface area contributed by atoms with Crippen molar-refractivity contribution < 1.29 is 9.32 Å². The molecule has 30 heavy (non-hydrogen) atoms. The highest BCUT2D eigenvalue weighted by Gasteiger charge is 2.15. The second kappa shape index (κ2) is 7.27. The summed E-state index contributed by atoms with van der Waals surface area (Å²) in [4.78, 5) is 24.6. The van der Waals surface area contributed by atoms with Gasteiger partial charge in [-0.3, -0.25) is 4.79 Å². The highest BCUT2D eigenvalue weighted by molar-refractivity contribution is 6.33. The third kappa shape index (κ3) is 3.40. The largest absolute Gasteiger partial charge is 0.360 e. The van der Waals surface area contributed by atoms with Crippen LogP contribution in [0.15, 0.2) is 59.3 Å². The summed E-state index contributed by atoms with van der Waals surface area (Å²) in [7, 11) is 0. The highest BCUT2D eigenvalue weighted by Crippen LogP contribution is 2.30. The number of nitrogens with zero attached hydrogens (tertiary/aromatic N) is 3. The first-order valence-corrected chi connectivity index (χ1v) is 9.70. The number of amides is 1. The number of carbonyl (C=O) groups is 1. The summed E-state index contributed by atoms with van der Waals surface area (Å²) < 4.78 is 5.33. The van der Waals surface area contributed by atoms with E-state index in [2.05, 4.69) is 25.4 Å². The van der Waals surface area contributed by atoms with Crippen LogP contribution >= 0.6 is 11.6 Å². The van der Waals surface area contributed by atoms with E-state index in [1.54, 1.807) is 24.4 Å². The van der Waals surface area contributed by atoms with Crippen molar-refractivity contribution in [2.75, 3.05) is 5.32 Å². The smallest absolute Gasteiger partial charge is 0.232 e. The molecule has 3 heterocycles. The van der Waals surface area contributed by atoms with E-state index in [1.807, 2.05) is 37.3 Å². The predicted molar refractivity (Wildman–Crippen MR) is 115 cm³/mol. The second-order valence-electron chi connectivity index (χ2n) is 7.01. The van der Waals surface area contributed by atoms with Crippen molar-refractivity contribution in [2.45, 2.75) is 13.3 Å². The van der Waals surface area contributed by atoms with Crippen LogP contribution in [0.2, 0.25) is 5.02 Å². The SMILES string of the molecule is Cc1cnc2nc(-c3cc(NC(=O)Cc4onc5ccccc45)ccc3Cl)[nH]c2c1. The Morgan fingerprint density at radius 1 is 1.20 bits per heavy atom. The van der Waals surface area contributed by atoms with Crippen molar-refractivity contribution >= 4 is 45.3 Å². The molecule has 0 bridgehead atoms. The number of aryl methyl sites for hydroxylation is 1. The number of rotatable bonds is 4. The van der Waals surface area contributed by atoms with Gasteiger partial charge >= 0.3 is 0 Å². The molecule has 1 amide bonds. The lowest BCUT2D eigenvalue weighted by Crippen LogP contribution is -2.14. The Bertz CT molecular complexity index is 1410. The molecule has 0 unspecified atom stereocenters. The molecule has 7 nitrogen and oxygen atoms in total. The molecule has 0 atom stereocenters. The van der Waals surface area contributed by atoms with Crippen molar-refractivity contribution in [3.05, 3.63) is 71.1 Å². The number of aromatic amines is 1. The normalized spacial score (nSPS) is 11.3. The van der Waals surface area contributed by atoms with Gasteiger partial charge in [-0.05, 0) is 48.9 Å². The number of aromatic nitrogens is 4. The maximum absolute atomic E-state index is 12.6. The Kier molecular flexibility index (Phi) is 4.44. The number of hydrogen-bond donors (Lipinski definition) is 2. The van der Waals surface area contributed by atoms with E-state index in [1.165, 1.54) is 0 Å². The van der Waals surface area contributed by atoms with Gasteiger partial charge in [0.2, 0.25) is 5.91 Å². The molecule has 3 aromatic heterocycles. The standard InChI is InChI=1S/C22H16ClN5O2/c1-12-8-18-22(24-11-12)27-21(26-18)15-9-13(6-7-16(15)23)25-20(29)10-19-14-4-2-3-5-17(14)28-30-19/h2-9,11H,10H2,1H3,(H,25,29)(H,24,26,27). The molecule has 0 radical (unpaired) electrons. The zero-order valence-corrected chi connectivity index (χ0v) is 16.7. The second-order valence-corrected chi connectivity index (χ2v) is 7.42. The minimum absolute atomic E-state index is 0.0757. The van der Waals surface area contributed by atoms with Gasteiger partial charge in [-0.15, -0.1) is 0 Å². The third-order valence-electron chi connectivity index (χ3n) is 4.76. The fourth-order valence-corrected chi connectivity index (χ4v) is 3.54. The number of benzene rings is 2. The molecular formula is C22H16ClN5O2. The molecule has 5 rings (SSSR count). The molecule has 2 aromatic carbocycles. The minimum Gasteiger partial charge on any atom is -0.360 e. The first kappa shape index (κ1) is 18.3. The molecule has 0 aliphatic rings. The van der Waals surface area contributed by atoms with Crippen molar-refractivity contribution in [1.29, 1.82) is 0 Å². The number of nitrogens with one attached hydrogen (secondary N) is 2. The topological polar surface area (TPSA) is 96.7 Å². The average Bonchev–Trinajstić information content (AvgIpc) is 3.33. The van der Waals surface area contributed by atoms with Gasteiger partial charge in [-0.1, -0.05) is 28.9 Å². The molecule has 0 aliphatic heterocycles. The lowest BCUT2D eigenvalue weighted by atomic mass is 10.1. The lowest BCUT2D eigenvalue weighted by Gasteiger charge is -2.07. The Hall–Kier alpha value is -3.71. The van der Waals surface area contributed by atoms with E-state index >= 15 is 0 Å². The van der Waals surface area contributed by atoms with Gasteiger partial charge in [0.1, 0.15) is 11.3 Å². The van der Waals surface area contributed by atoms with Crippen molar-refractivity contribution in [2.24, 2.45) is 0 Å². The van der Waals surface area contributed by atoms with Gasteiger partial charge in [0, 0.05) is 22.8 Å². The molecule has 0 fully saturated rings. The van der Waals surface area contributed by atoms with E-state index in [9.17, 15) is 4.79 Å². The van der Waals surface area contributed by atoms with Crippen molar-refractivity contribution in [3.8, 4) is 11.4 Å². The molecule has 2 N–H and O–H groups in total. The van der Waals surface area contributed by atoms with Crippen LogP contribution in [0, 0.1) is 6.92 Å². The van der Waals surface area contributed by atoms with E-state index in [-0.39, 0.29) is 12.3 Å². The number of carbonyl (C=O) groups excluding carboxylic acids is 1. The van der Waals surface area contributed by atoms with Gasteiger partial charge in [-0.2, -0.15) is 0 Å². The van der Waals surface area contributed by atoms with Gasteiger partial charge in [0.25, 0.3) is 0 Å². The first-order valence-electron chi connectivity index (χ1n) is 9.32. The highest BCUT2D eigenvalue weighted by atomic mass is 35.5. The van der Waals surface area contributed by atoms with Crippen LogP contribution in [-0.2, 0) is 11.2 Å². The summed E-state index contributed by atoms with van der Waals surface area (Å²) in [6.07, 6.45) is 1.84. The van der Waals surface area contributed by atoms with Crippen LogP contribution in [-0.4, -0.2) is 26.0 Å². The molecule has 0 saturated heterocycles. The van der Waals surface area contributed by atoms with Gasteiger partial charge in [-0.25, -0.2) is 9.97 Å². The molecule has 148 valence electrons. The third-order valence-corrected chi connectivity index (χ3v) is 5.09. The maximum Gasteiger partial charge on any atom is 0.232 e. The number of imidazole rings is 1. The Labute approximate surface area is 176 Å². The van der Waals surface area contributed by atoms with E-state index in [4.69, 9.17) is 16.1 Å². The van der Waals surface area contributed by atoms with E-state index in [0.717, 1.165) is 22.0 Å². The van der Waals surface area contributed by atoms with E-state index < -0.39 is 0 Å². The number of anilines is 1. The van der Waals surface area contributed by atoms with Crippen LogP contribution in [0.25, 0.3) is 33.5 Å². The fourth-order valence-electron chi connectivity index (χ4n) is 3.34. The summed E-state index contributed by atoms with van der Waals surface area (Å²) in [5.41, 5.74) is 4.47. The van der Waals surface area contributed by atoms with Crippen LogP contribution in [0.1, 0.15) is 11.3 Å². The monoisotopic (exact) mass is 417 g/mol. The van der Waals surface area contributed by atoms with E-state index in [0.29, 0.717) is 33.5 Å². The number of halogens is 1. The zero-order chi connectivity index (χ0) is 20.7. The quantitative estimate of drug-likeness (QED) is 0.433. The molecule has 0 saturated carbocycles. The number of hydrogen-bond acceptors (Lipinski definition) is 5. The molecule has 5 aromatic rings. The lowest BCUT2D eigenvalue weighted by molar-refractivity contribution is -0.115.